The number of unbranched alkanes of at least 4 members (excludes halogenated alkanes) is 1. The zero-order chi connectivity index (χ0) is 22.1. The van der Waals surface area contributed by atoms with Gasteiger partial charge in [0.05, 0.1) is 17.8 Å². The van der Waals surface area contributed by atoms with Crippen molar-refractivity contribution in [2.24, 2.45) is 5.41 Å². The maximum absolute atomic E-state index is 12.9. The lowest BCUT2D eigenvalue weighted by Gasteiger charge is -2.36. The molecule has 0 spiro atoms. The van der Waals surface area contributed by atoms with Gasteiger partial charge >= 0.3 is 5.97 Å². The number of carboxylic acids is 1. The number of benzene rings is 1. The molecule has 1 atom stereocenters. The quantitative estimate of drug-likeness (QED) is 0.677. The lowest BCUT2D eigenvalue weighted by molar-refractivity contribution is -0.159. The highest BCUT2D eigenvalue weighted by atomic mass is 35.5. The molecular weight excluding hydrogens is 406 g/mol. The summed E-state index contributed by atoms with van der Waals surface area (Å²) in [7, 11) is 0. The van der Waals surface area contributed by atoms with Crippen molar-refractivity contribution in [3.05, 3.63) is 50.9 Å². The number of halogens is 1. The van der Waals surface area contributed by atoms with Gasteiger partial charge in [-0.1, -0.05) is 31.4 Å². The van der Waals surface area contributed by atoms with Crippen molar-refractivity contribution in [3.63, 3.8) is 0 Å². The average molecular weight is 432 g/mol. The van der Waals surface area contributed by atoms with Crippen molar-refractivity contribution < 1.29 is 14.7 Å². The second-order valence-corrected chi connectivity index (χ2v) is 8.68. The predicted octanol–water partition coefficient (Wildman–Crippen LogP) is 3.82. The number of nitrogens with zero attached hydrogens (tertiary/aromatic N) is 2. The van der Waals surface area contributed by atoms with Crippen LogP contribution in [-0.2, 0) is 16.1 Å². The average Bonchev–Trinajstić information content (AvgIpc) is 2.71. The molecule has 0 bridgehead atoms. The van der Waals surface area contributed by atoms with Crippen molar-refractivity contribution >= 4 is 23.5 Å². The van der Waals surface area contributed by atoms with E-state index < -0.39 is 17.3 Å². The Balaban J connectivity index is 2.03. The molecule has 160 valence electrons. The minimum atomic E-state index is -1.56. The van der Waals surface area contributed by atoms with Crippen LogP contribution in [-0.4, -0.2) is 38.4 Å². The third-order valence-corrected chi connectivity index (χ3v) is 5.86. The molecule has 0 aliphatic carbocycles. The summed E-state index contributed by atoms with van der Waals surface area (Å²) in [5.41, 5.74) is -0.00365. The van der Waals surface area contributed by atoms with Crippen molar-refractivity contribution in [1.82, 2.24) is 14.9 Å². The van der Waals surface area contributed by atoms with Crippen LogP contribution in [0.2, 0.25) is 5.02 Å². The number of aromatic nitrogens is 2. The highest BCUT2D eigenvalue weighted by Crippen LogP contribution is 2.33. The minimum Gasteiger partial charge on any atom is -0.480 e. The second kappa shape index (κ2) is 8.60. The predicted molar refractivity (Wildman–Crippen MR) is 114 cm³/mol. The molecule has 1 amide bonds. The molecular formula is C22H26ClN3O4. The summed E-state index contributed by atoms with van der Waals surface area (Å²) in [6, 6.07) is 7.06. The fourth-order valence-electron chi connectivity index (χ4n) is 3.68. The molecule has 2 aromatic rings. The van der Waals surface area contributed by atoms with E-state index in [9.17, 15) is 19.5 Å². The molecule has 8 heteroatoms. The van der Waals surface area contributed by atoms with Gasteiger partial charge in [-0.15, -0.1) is 0 Å². The van der Waals surface area contributed by atoms with Crippen LogP contribution in [0, 0.1) is 5.41 Å². The number of aromatic amines is 1. The number of amides is 1. The van der Waals surface area contributed by atoms with Crippen molar-refractivity contribution in [3.8, 4) is 11.4 Å². The SMILES string of the molecule is CCCCC1CN(C(=O)C(C)(C)C(=O)O)Cc2c1nc(-c1ccc(Cl)cc1)[nH]c2=O. The molecule has 0 saturated heterocycles. The Labute approximate surface area is 180 Å². The van der Waals surface area contributed by atoms with Crippen LogP contribution < -0.4 is 5.56 Å². The van der Waals surface area contributed by atoms with Gasteiger partial charge in [-0.05, 0) is 44.5 Å². The number of H-pyrrole nitrogens is 1. The maximum atomic E-state index is 12.9. The molecule has 7 nitrogen and oxygen atoms in total. The van der Waals surface area contributed by atoms with E-state index in [1.165, 1.54) is 18.7 Å². The van der Waals surface area contributed by atoms with Crippen molar-refractivity contribution in [2.75, 3.05) is 6.54 Å². The van der Waals surface area contributed by atoms with Gasteiger partial charge in [-0.2, -0.15) is 0 Å². The molecule has 0 fully saturated rings. The fourth-order valence-corrected chi connectivity index (χ4v) is 3.80. The first-order chi connectivity index (χ1) is 14.1. The standard InChI is InChI=1S/C22H26ClN3O4/c1-4-5-6-14-11-26(20(28)22(2,3)21(29)30)12-16-17(14)24-18(25-19(16)27)13-7-9-15(23)10-8-13/h7-10,14H,4-6,11-12H2,1-3H3,(H,29,30)(H,24,25,27). The third kappa shape index (κ3) is 4.26. The molecule has 2 N–H and O–H groups in total. The van der Waals surface area contributed by atoms with Crippen LogP contribution in [0.4, 0.5) is 0 Å². The Hall–Kier alpha value is -2.67. The van der Waals surface area contributed by atoms with Crippen LogP contribution in [0.1, 0.15) is 57.2 Å². The summed E-state index contributed by atoms with van der Waals surface area (Å²) in [5, 5.41) is 10.0. The highest BCUT2D eigenvalue weighted by Gasteiger charge is 2.42. The molecule has 0 saturated carbocycles. The van der Waals surface area contributed by atoms with E-state index in [1.807, 2.05) is 0 Å². The highest BCUT2D eigenvalue weighted by molar-refractivity contribution is 6.30. The summed E-state index contributed by atoms with van der Waals surface area (Å²) in [4.78, 5) is 46.4. The fraction of sp³-hybridized carbons (Fsp3) is 0.455. The molecule has 1 aromatic heterocycles. The number of carbonyl (C=O) groups is 2. The largest absolute Gasteiger partial charge is 0.480 e. The number of rotatable bonds is 6. The van der Waals surface area contributed by atoms with Crippen molar-refractivity contribution in [2.45, 2.75) is 52.5 Å². The van der Waals surface area contributed by atoms with E-state index in [-0.39, 0.29) is 18.0 Å². The summed E-state index contributed by atoms with van der Waals surface area (Å²) in [5.74, 6) is -1.35. The Bertz CT molecular complexity index is 1010. The van der Waals surface area contributed by atoms with Crippen LogP contribution in [0.5, 0.6) is 0 Å². The summed E-state index contributed by atoms with van der Waals surface area (Å²) in [6.07, 6.45) is 2.64. The lowest BCUT2D eigenvalue weighted by atomic mass is 9.87. The van der Waals surface area contributed by atoms with Crippen LogP contribution in [0.15, 0.2) is 29.1 Å². The topological polar surface area (TPSA) is 103 Å². The van der Waals surface area contributed by atoms with E-state index in [1.54, 1.807) is 24.3 Å². The number of hydrogen-bond donors (Lipinski definition) is 2. The molecule has 0 radical (unpaired) electrons. The number of aliphatic carboxylic acids is 1. The third-order valence-electron chi connectivity index (χ3n) is 5.60. The van der Waals surface area contributed by atoms with Crippen LogP contribution in [0.3, 0.4) is 0 Å². The number of hydrogen-bond acceptors (Lipinski definition) is 4. The second-order valence-electron chi connectivity index (χ2n) is 8.24. The summed E-state index contributed by atoms with van der Waals surface area (Å²) < 4.78 is 0. The smallest absolute Gasteiger partial charge is 0.318 e. The first-order valence-corrected chi connectivity index (χ1v) is 10.4. The summed E-state index contributed by atoms with van der Waals surface area (Å²) >= 11 is 5.96. The van der Waals surface area contributed by atoms with Gasteiger partial charge in [0, 0.05) is 23.0 Å². The molecule has 1 unspecified atom stereocenters. The Kier molecular flexibility index (Phi) is 6.31. The number of fused-ring (bicyclic) bond motifs is 1. The molecule has 1 aliphatic heterocycles. The van der Waals surface area contributed by atoms with Gasteiger partial charge in [0.25, 0.3) is 5.56 Å². The Morgan fingerprint density at radius 3 is 2.57 bits per heavy atom. The van der Waals surface area contributed by atoms with Crippen molar-refractivity contribution in [1.29, 1.82) is 0 Å². The van der Waals surface area contributed by atoms with Gasteiger partial charge in [-0.3, -0.25) is 14.4 Å². The molecule has 1 aliphatic rings. The van der Waals surface area contributed by atoms with Gasteiger partial charge in [-0.25, -0.2) is 4.98 Å². The van der Waals surface area contributed by atoms with Gasteiger partial charge < -0.3 is 15.0 Å². The Morgan fingerprint density at radius 1 is 1.30 bits per heavy atom. The monoisotopic (exact) mass is 431 g/mol. The van der Waals surface area contributed by atoms with Gasteiger partial charge in [0.1, 0.15) is 11.2 Å². The first-order valence-electron chi connectivity index (χ1n) is 10.1. The number of carbonyl (C=O) groups excluding carboxylic acids is 1. The molecule has 3 rings (SSSR count). The molecule has 1 aromatic carbocycles. The van der Waals surface area contributed by atoms with E-state index in [0.29, 0.717) is 28.6 Å². The van der Waals surface area contributed by atoms with E-state index >= 15 is 0 Å². The van der Waals surface area contributed by atoms with Gasteiger partial charge in [0.2, 0.25) is 5.91 Å². The zero-order valence-corrected chi connectivity index (χ0v) is 18.1. The van der Waals surface area contributed by atoms with Gasteiger partial charge in [0.15, 0.2) is 0 Å². The first kappa shape index (κ1) is 22.0. The molecule has 30 heavy (non-hydrogen) atoms. The maximum Gasteiger partial charge on any atom is 0.318 e. The van der Waals surface area contributed by atoms with E-state index in [4.69, 9.17) is 16.6 Å². The summed E-state index contributed by atoms with van der Waals surface area (Å²) in [6.45, 7) is 5.25. The normalized spacial score (nSPS) is 16.3. The Morgan fingerprint density at radius 2 is 1.97 bits per heavy atom. The lowest BCUT2D eigenvalue weighted by Crippen LogP contribution is -2.49. The number of carboxylic acid groups (broad SMARTS) is 1. The van der Waals surface area contributed by atoms with Crippen LogP contribution in [0.25, 0.3) is 11.4 Å². The molecule has 2 heterocycles. The minimum absolute atomic E-state index is 0.0523. The van der Waals surface area contributed by atoms with E-state index in [0.717, 1.165) is 24.8 Å². The van der Waals surface area contributed by atoms with E-state index in [2.05, 4.69) is 11.9 Å². The zero-order valence-electron chi connectivity index (χ0n) is 17.4. The van der Waals surface area contributed by atoms with Crippen LogP contribution >= 0.6 is 11.6 Å². The number of nitrogens with one attached hydrogen (secondary N) is 1.